The summed E-state index contributed by atoms with van der Waals surface area (Å²) in [6.07, 6.45) is 6.13. The summed E-state index contributed by atoms with van der Waals surface area (Å²) in [4.78, 5) is 8.22. The van der Waals surface area contributed by atoms with Crippen LogP contribution in [0.15, 0.2) is 18.6 Å². The lowest BCUT2D eigenvalue weighted by Crippen LogP contribution is -2.02. The Bertz CT molecular complexity index is 423. The van der Waals surface area contributed by atoms with Crippen molar-refractivity contribution in [2.45, 2.75) is 6.42 Å². The Labute approximate surface area is 80.4 Å². The van der Waals surface area contributed by atoms with Crippen LogP contribution in [0, 0.1) is 0 Å². The number of hydrogen-bond donors (Lipinski definition) is 1. The molecule has 68 valence electrons. The van der Waals surface area contributed by atoms with Gasteiger partial charge in [-0.1, -0.05) is 11.6 Å². The Kier molecular flexibility index (Phi) is 2.16. The summed E-state index contributed by atoms with van der Waals surface area (Å²) in [5, 5.41) is 0.422. The number of aromatic nitrogens is 3. The molecule has 2 heterocycles. The van der Waals surface area contributed by atoms with E-state index in [1.165, 1.54) is 0 Å². The normalized spacial score (nSPS) is 10.9. The van der Waals surface area contributed by atoms with Crippen LogP contribution < -0.4 is 5.73 Å². The van der Waals surface area contributed by atoms with Gasteiger partial charge in [0.05, 0.1) is 5.69 Å². The molecule has 0 amide bonds. The summed E-state index contributed by atoms with van der Waals surface area (Å²) >= 11 is 5.84. The number of fused-ring (bicyclic) bond motifs is 1. The molecular formula is C8H9ClN4. The number of nitrogens with zero attached hydrogens (tertiary/aromatic N) is 3. The maximum absolute atomic E-state index is 5.84. The van der Waals surface area contributed by atoms with E-state index in [4.69, 9.17) is 17.3 Å². The molecule has 2 aromatic heterocycles. The SMILES string of the molecule is NCCc1cn2ccnc(Cl)c2n1. The lowest BCUT2D eigenvalue weighted by molar-refractivity contribution is 0.937. The minimum absolute atomic E-state index is 0.422. The molecule has 0 spiro atoms. The Hall–Kier alpha value is -1.13. The first-order valence-corrected chi connectivity index (χ1v) is 4.37. The van der Waals surface area contributed by atoms with Crippen molar-refractivity contribution < 1.29 is 0 Å². The van der Waals surface area contributed by atoms with E-state index in [0.717, 1.165) is 12.1 Å². The third-order valence-electron chi connectivity index (χ3n) is 1.78. The van der Waals surface area contributed by atoms with Crippen molar-refractivity contribution >= 4 is 17.2 Å². The van der Waals surface area contributed by atoms with Gasteiger partial charge in [-0.15, -0.1) is 0 Å². The molecule has 13 heavy (non-hydrogen) atoms. The molecule has 0 fully saturated rings. The van der Waals surface area contributed by atoms with Crippen molar-refractivity contribution in [2.24, 2.45) is 5.73 Å². The summed E-state index contributed by atoms with van der Waals surface area (Å²) in [5.74, 6) is 0. The van der Waals surface area contributed by atoms with Crippen molar-refractivity contribution in [3.05, 3.63) is 29.4 Å². The van der Waals surface area contributed by atoms with E-state index in [1.54, 1.807) is 6.20 Å². The molecule has 0 aromatic carbocycles. The molecule has 0 saturated heterocycles. The fourth-order valence-corrected chi connectivity index (χ4v) is 1.40. The zero-order valence-corrected chi connectivity index (χ0v) is 7.70. The van der Waals surface area contributed by atoms with E-state index in [2.05, 4.69) is 9.97 Å². The van der Waals surface area contributed by atoms with Gasteiger partial charge in [-0.3, -0.25) is 0 Å². The van der Waals surface area contributed by atoms with Crippen LogP contribution in [-0.4, -0.2) is 20.9 Å². The Morgan fingerprint density at radius 2 is 2.38 bits per heavy atom. The third kappa shape index (κ3) is 1.50. The number of hydrogen-bond acceptors (Lipinski definition) is 3. The van der Waals surface area contributed by atoms with Crippen LogP contribution in [-0.2, 0) is 6.42 Å². The summed E-state index contributed by atoms with van der Waals surface area (Å²) in [6, 6.07) is 0. The Balaban J connectivity index is 2.55. The van der Waals surface area contributed by atoms with E-state index in [9.17, 15) is 0 Å². The van der Waals surface area contributed by atoms with Gasteiger partial charge in [0.25, 0.3) is 0 Å². The van der Waals surface area contributed by atoms with Gasteiger partial charge in [-0.2, -0.15) is 0 Å². The highest BCUT2D eigenvalue weighted by Crippen LogP contribution is 2.13. The number of imidazole rings is 1. The molecule has 4 nitrogen and oxygen atoms in total. The number of nitrogens with two attached hydrogens (primary N) is 1. The minimum Gasteiger partial charge on any atom is -0.330 e. The van der Waals surface area contributed by atoms with Gasteiger partial charge in [0, 0.05) is 25.0 Å². The summed E-state index contributed by atoms with van der Waals surface area (Å²) in [5.41, 5.74) is 7.05. The molecule has 0 aliphatic carbocycles. The zero-order valence-electron chi connectivity index (χ0n) is 6.94. The fraction of sp³-hybridized carbons (Fsp3) is 0.250. The third-order valence-corrected chi connectivity index (χ3v) is 2.05. The van der Waals surface area contributed by atoms with Gasteiger partial charge in [0.2, 0.25) is 0 Å². The second-order valence-electron chi connectivity index (χ2n) is 2.72. The highest BCUT2D eigenvalue weighted by Gasteiger charge is 2.04. The molecule has 0 unspecified atom stereocenters. The standard InChI is InChI=1S/C8H9ClN4/c9-7-8-12-6(1-2-10)5-13(8)4-3-11-7/h3-5H,1-2,10H2. The molecule has 2 N–H and O–H groups in total. The molecule has 0 bridgehead atoms. The molecular weight excluding hydrogens is 188 g/mol. The van der Waals surface area contributed by atoms with Crippen molar-refractivity contribution in [3.63, 3.8) is 0 Å². The van der Waals surface area contributed by atoms with Crippen LogP contribution >= 0.6 is 11.6 Å². The van der Waals surface area contributed by atoms with Crippen LogP contribution in [0.3, 0.4) is 0 Å². The molecule has 2 aromatic rings. The number of halogens is 1. The first-order valence-electron chi connectivity index (χ1n) is 3.99. The molecule has 0 radical (unpaired) electrons. The average Bonchev–Trinajstić information content (AvgIpc) is 2.49. The molecule has 0 aliphatic heterocycles. The predicted molar refractivity (Wildman–Crippen MR) is 50.8 cm³/mol. The maximum Gasteiger partial charge on any atom is 0.175 e. The molecule has 5 heteroatoms. The molecule has 0 atom stereocenters. The topological polar surface area (TPSA) is 56.2 Å². The van der Waals surface area contributed by atoms with E-state index >= 15 is 0 Å². The van der Waals surface area contributed by atoms with Crippen molar-refractivity contribution in [1.82, 2.24) is 14.4 Å². The van der Waals surface area contributed by atoms with Gasteiger partial charge in [-0.05, 0) is 6.54 Å². The van der Waals surface area contributed by atoms with Crippen molar-refractivity contribution in [1.29, 1.82) is 0 Å². The lowest BCUT2D eigenvalue weighted by Gasteiger charge is -1.91. The largest absolute Gasteiger partial charge is 0.330 e. The molecule has 2 rings (SSSR count). The van der Waals surface area contributed by atoms with Crippen LogP contribution in [0.4, 0.5) is 0 Å². The van der Waals surface area contributed by atoms with Crippen molar-refractivity contribution in [2.75, 3.05) is 6.54 Å². The smallest absolute Gasteiger partial charge is 0.175 e. The van der Waals surface area contributed by atoms with Crippen LogP contribution in [0.25, 0.3) is 5.65 Å². The second kappa shape index (κ2) is 3.32. The highest BCUT2D eigenvalue weighted by atomic mass is 35.5. The van der Waals surface area contributed by atoms with E-state index < -0.39 is 0 Å². The summed E-state index contributed by atoms with van der Waals surface area (Å²) in [7, 11) is 0. The minimum atomic E-state index is 0.422. The zero-order chi connectivity index (χ0) is 9.26. The average molecular weight is 197 g/mol. The van der Waals surface area contributed by atoms with Crippen LogP contribution in [0.2, 0.25) is 5.15 Å². The first kappa shape index (κ1) is 8.47. The summed E-state index contributed by atoms with van der Waals surface area (Å²) in [6.45, 7) is 0.592. The van der Waals surface area contributed by atoms with Crippen LogP contribution in [0.5, 0.6) is 0 Å². The van der Waals surface area contributed by atoms with Gasteiger partial charge in [0.1, 0.15) is 0 Å². The first-order chi connectivity index (χ1) is 6.31. The Morgan fingerprint density at radius 3 is 3.08 bits per heavy atom. The van der Waals surface area contributed by atoms with Crippen LogP contribution in [0.1, 0.15) is 5.69 Å². The van der Waals surface area contributed by atoms with E-state index in [1.807, 2.05) is 16.8 Å². The monoisotopic (exact) mass is 196 g/mol. The number of rotatable bonds is 2. The quantitative estimate of drug-likeness (QED) is 0.776. The second-order valence-corrected chi connectivity index (χ2v) is 3.08. The van der Waals surface area contributed by atoms with E-state index in [0.29, 0.717) is 17.3 Å². The Morgan fingerprint density at radius 1 is 1.54 bits per heavy atom. The predicted octanol–water partition coefficient (Wildman–Crippen LogP) is 0.884. The molecule has 0 saturated carbocycles. The van der Waals surface area contributed by atoms with Gasteiger partial charge >= 0.3 is 0 Å². The lowest BCUT2D eigenvalue weighted by atomic mass is 10.3. The molecule has 0 aliphatic rings. The summed E-state index contributed by atoms with van der Waals surface area (Å²) < 4.78 is 1.85. The van der Waals surface area contributed by atoms with Gasteiger partial charge in [-0.25, -0.2) is 9.97 Å². The van der Waals surface area contributed by atoms with Crippen molar-refractivity contribution in [3.8, 4) is 0 Å². The highest BCUT2D eigenvalue weighted by molar-refractivity contribution is 6.32. The van der Waals surface area contributed by atoms with Gasteiger partial charge < -0.3 is 10.1 Å². The van der Waals surface area contributed by atoms with Gasteiger partial charge in [0.15, 0.2) is 10.8 Å². The van der Waals surface area contributed by atoms with E-state index in [-0.39, 0.29) is 0 Å². The maximum atomic E-state index is 5.84. The fourth-order valence-electron chi connectivity index (χ4n) is 1.21.